The molecule has 5 nitrogen and oxygen atoms in total. The summed E-state index contributed by atoms with van der Waals surface area (Å²) in [5.74, 6) is -0.469. The van der Waals surface area contributed by atoms with Gasteiger partial charge < -0.3 is 10.1 Å². The monoisotopic (exact) mass is 378 g/mol. The van der Waals surface area contributed by atoms with Gasteiger partial charge >= 0.3 is 12.3 Å². The lowest BCUT2D eigenvalue weighted by Crippen LogP contribution is -2.23. The second-order valence-electron chi connectivity index (χ2n) is 6.04. The van der Waals surface area contributed by atoms with E-state index in [0.29, 0.717) is 23.5 Å². The molecule has 1 aliphatic heterocycles. The maximum absolute atomic E-state index is 12.5. The summed E-state index contributed by atoms with van der Waals surface area (Å²) in [6.07, 6.45) is -5.94. The molecule has 1 aliphatic rings. The number of para-hydroxylation sites is 1. The first-order valence-electron chi connectivity index (χ1n) is 8.34. The maximum atomic E-state index is 12.5. The van der Waals surface area contributed by atoms with Crippen LogP contribution in [0.5, 0.6) is 0 Å². The molecule has 1 heterocycles. The molecule has 2 amide bonds. The van der Waals surface area contributed by atoms with Crippen LogP contribution in [-0.4, -0.2) is 31.3 Å². The number of benzene rings is 2. The quantitative estimate of drug-likeness (QED) is 0.840. The number of cyclic esters (lactones) is 1. The first-order valence-corrected chi connectivity index (χ1v) is 8.34. The molecule has 0 radical (unpaired) electrons. The van der Waals surface area contributed by atoms with Crippen LogP contribution in [0, 0.1) is 0 Å². The Morgan fingerprint density at radius 2 is 1.93 bits per heavy atom. The molecule has 0 spiro atoms. The molecule has 0 unspecified atom stereocenters. The van der Waals surface area contributed by atoms with E-state index in [1.165, 1.54) is 4.90 Å². The van der Waals surface area contributed by atoms with E-state index in [1.54, 1.807) is 48.5 Å². The number of halogens is 3. The molecule has 1 saturated heterocycles. The van der Waals surface area contributed by atoms with Gasteiger partial charge in [-0.2, -0.15) is 13.2 Å². The summed E-state index contributed by atoms with van der Waals surface area (Å²) in [6.45, 7) is 0.673. The summed E-state index contributed by atoms with van der Waals surface area (Å²) in [5, 5.41) is 2.65. The van der Waals surface area contributed by atoms with Crippen LogP contribution in [0.3, 0.4) is 0 Å². The molecule has 0 saturated carbocycles. The molecule has 142 valence electrons. The number of aryl methyl sites for hydroxylation is 1. The topological polar surface area (TPSA) is 58.6 Å². The Morgan fingerprint density at radius 1 is 1.15 bits per heavy atom. The predicted molar refractivity (Wildman–Crippen MR) is 93.9 cm³/mol. The lowest BCUT2D eigenvalue weighted by molar-refractivity contribution is -0.133. The highest BCUT2D eigenvalue weighted by molar-refractivity contribution is 6.05. The number of alkyl halides is 3. The molecule has 0 aliphatic carbocycles. The fourth-order valence-electron chi connectivity index (χ4n) is 2.77. The van der Waals surface area contributed by atoms with Crippen LogP contribution in [0.1, 0.15) is 22.3 Å². The molecular formula is C19H17F3N2O3. The van der Waals surface area contributed by atoms with Crippen molar-refractivity contribution in [3.05, 3.63) is 59.7 Å². The maximum Gasteiger partial charge on any atom is 0.414 e. The number of rotatable bonds is 5. The van der Waals surface area contributed by atoms with Crippen LogP contribution in [0.2, 0.25) is 0 Å². The Labute approximate surface area is 153 Å². The zero-order chi connectivity index (χ0) is 19.4. The van der Waals surface area contributed by atoms with Crippen LogP contribution in [-0.2, 0) is 11.2 Å². The standard InChI is InChI=1S/C19H17F3N2O3/c20-19(21,22)9-8-13-4-1-2-7-16(13)23-17(25)14-5-3-6-15(12-14)24-10-11-27-18(24)26/h1-7,12H,8-11H2,(H,23,25). The van der Waals surface area contributed by atoms with Gasteiger partial charge in [0.25, 0.3) is 5.91 Å². The summed E-state index contributed by atoms with van der Waals surface area (Å²) in [7, 11) is 0. The normalized spacial score (nSPS) is 14.2. The first kappa shape index (κ1) is 18.8. The Morgan fingerprint density at radius 3 is 2.63 bits per heavy atom. The molecule has 1 N–H and O–H groups in total. The zero-order valence-electron chi connectivity index (χ0n) is 14.3. The Balaban J connectivity index is 1.75. The summed E-state index contributed by atoms with van der Waals surface area (Å²) in [4.78, 5) is 25.6. The SMILES string of the molecule is O=C(Nc1ccccc1CCC(F)(F)F)c1cccc(N2CCOC2=O)c1. The van der Waals surface area contributed by atoms with Crippen molar-refractivity contribution < 1.29 is 27.5 Å². The number of hydrogen-bond acceptors (Lipinski definition) is 3. The number of carbonyl (C=O) groups excluding carboxylic acids is 2. The average Bonchev–Trinajstić information content (AvgIpc) is 3.06. The third kappa shape index (κ3) is 4.78. The second-order valence-corrected chi connectivity index (χ2v) is 6.04. The van der Waals surface area contributed by atoms with Crippen molar-refractivity contribution in [2.75, 3.05) is 23.4 Å². The van der Waals surface area contributed by atoms with Gasteiger partial charge in [0.1, 0.15) is 6.61 Å². The van der Waals surface area contributed by atoms with E-state index in [9.17, 15) is 22.8 Å². The van der Waals surface area contributed by atoms with Gasteiger partial charge in [-0.25, -0.2) is 4.79 Å². The van der Waals surface area contributed by atoms with Crippen LogP contribution < -0.4 is 10.2 Å². The highest BCUT2D eigenvalue weighted by Crippen LogP contribution is 2.26. The lowest BCUT2D eigenvalue weighted by Gasteiger charge is -2.15. The Hall–Kier alpha value is -3.03. The van der Waals surface area contributed by atoms with Crippen LogP contribution >= 0.6 is 0 Å². The van der Waals surface area contributed by atoms with Crippen LogP contribution in [0.15, 0.2) is 48.5 Å². The molecular weight excluding hydrogens is 361 g/mol. The summed E-state index contributed by atoms with van der Waals surface area (Å²) in [5.41, 5.74) is 1.55. The molecule has 0 atom stereocenters. The number of carbonyl (C=O) groups is 2. The predicted octanol–water partition coefficient (Wildman–Crippen LogP) is 4.39. The van der Waals surface area contributed by atoms with E-state index < -0.39 is 24.6 Å². The molecule has 2 aromatic carbocycles. The smallest absolute Gasteiger partial charge is 0.414 e. The molecule has 0 aromatic heterocycles. The van der Waals surface area contributed by atoms with Gasteiger partial charge in [0.15, 0.2) is 0 Å². The minimum absolute atomic E-state index is 0.223. The van der Waals surface area contributed by atoms with E-state index in [-0.39, 0.29) is 18.6 Å². The van der Waals surface area contributed by atoms with Gasteiger partial charge in [-0.15, -0.1) is 0 Å². The molecule has 2 aromatic rings. The Bertz CT molecular complexity index is 852. The highest BCUT2D eigenvalue weighted by atomic mass is 19.4. The first-order chi connectivity index (χ1) is 12.8. The van der Waals surface area contributed by atoms with E-state index in [2.05, 4.69) is 5.32 Å². The van der Waals surface area contributed by atoms with Gasteiger partial charge in [0.05, 0.1) is 6.54 Å². The van der Waals surface area contributed by atoms with Crippen LogP contribution in [0.4, 0.5) is 29.3 Å². The molecule has 8 heteroatoms. The lowest BCUT2D eigenvalue weighted by atomic mass is 10.1. The van der Waals surface area contributed by atoms with Crippen molar-refractivity contribution >= 4 is 23.4 Å². The van der Waals surface area contributed by atoms with Gasteiger partial charge in [-0.05, 0) is 36.2 Å². The van der Waals surface area contributed by atoms with Crippen molar-refractivity contribution in [3.63, 3.8) is 0 Å². The number of hydrogen-bond donors (Lipinski definition) is 1. The fraction of sp³-hybridized carbons (Fsp3) is 0.263. The van der Waals surface area contributed by atoms with Crippen molar-refractivity contribution in [3.8, 4) is 0 Å². The molecule has 0 bridgehead atoms. The Kier molecular flexibility index (Phi) is 5.34. The van der Waals surface area contributed by atoms with E-state index in [0.717, 1.165) is 0 Å². The molecule has 27 heavy (non-hydrogen) atoms. The van der Waals surface area contributed by atoms with Gasteiger partial charge in [0, 0.05) is 23.4 Å². The third-order valence-electron chi connectivity index (χ3n) is 4.12. The minimum atomic E-state index is -4.27. The van der Waals surface area contributed by atoms with Crippen molar-refractivity contribution in [1.82, 2.24) is 0 Å². The van der Waals surface area contributed by atoms with E-state index in [1.807, 2.05) is 0 Å². The van der Waals surface area contributed by atoms with Gasteiger partial charge in [-0.3, -0.25) is 9.69 Å². The summed E-state index contributed by atoms with van der Waals surface area (Å²) < 4.78 is 42.4. The summed E-state index contributed by atoms with van der Waals surface area (Å²) in [6, 6.07) is 12.8. The number of anilines is 2. The highest BCUT2D eigenvalue weighted by Gasteiger charge is 2.27. The second kappa shape index (κ2) is 7.69. The third-order valence-corrected chi connectivity index (χ3v) is 4.12. The number of nitrogens with one attached hydrogen (secondary N) is 1. The van der Waals surface area contributed by atoms with Crippen molar-refractivity contribution in [2.24, 2.45) is 0 Å². The van der Waals surface area contributed by atoms with Crippen LogP contribution in [0.25, 0.3) is 0 Å². The number of nitrogens with zero attached hydrogens (tertiary/aromatic N) is 1. The number of ether oxygens (including phenoxy) is 1. The molecule has 1 fully saturated rings. The fourth-order valence-corrected chi connectivity index (χ4v) is 2.77. The minimum Gasteiger partial charge on any atom is -0.447 e. The molecule has 3 rings (SSSR count). The summed E-state index contributed by atoms with van der Waals surface area (Å²) >= 11 is 0. The van der Waals surface area contributed by atoms with Crippen molar-refractivity contribution in [2.45, 2.75) is 19.0 Å². The van der Waals surface area contributed by atoms with Crippen molar-refractivity contribution in [1.29, 1.82) is 0 Å². The average molecular weight is 378 g/mol. The largest absolute Gasteiger partial charge is 0.447 e. The van der Waals surface area contributed by atoms with E-state index in [4.69, 9.17) is 4.74 Å². The van der Waals surface area contributed by atoms with Gasteiger partial charge in [-0.1, -0.05) is 24.3 Å². The number of amides is 2. The van der Waals surface area contributed by atoms with Gasteiger partial charge in [0.2, 0.25) is 0 Å². The van der Waals surface area contributed by atoms with E-state index >= 15 is 0 Å². The zero-order valence-corrected chi connectivity index (χ0v) is 14.3.